The number of benzene rings is 2. The summed E-state index contributed by atoms with van der Waals surface area (Å²) in [5, 5.41) is 10.0. The van der Waals surface area contributed by atoms with Gasteiger partial charge < -0.3 is 20.0 Å². The van der Waals surface area contributed by atoms with Crippen molar-refractivity contribution in [2.24, 2.45) is 0 Å². The summed E-state index contributed by atoms with van der Waals surface area (Å²) in [5.74, 6) is -0.586. The molecule has 128 valence electrons. The van der Waals surface area contributed by atoms with Gasteiger partial charge in [-0.3, -0.25) is 4.79 Å². The number of rotatable bonds is 2. The highest BCUT2D eigenvalue weighted by molar-refractivity contribution is 5.97. The zero-order valence-corrected chi connectivity index (χ0v) is 13.2. The molecule has 25 heavy (non-hydrogen) atoms. The highest BCUT2D eigenvalue weighted by Gasteiger charge is 2.35. The summed E-state index contributed by atoms with van der Waals surface area (Å²) in [5.41, 5.74) is 2.04. The van der Waals surface area contributed by atoms with Crippen molar-refractivity contribution in [3.8, 4) is 0 Å². The minimum absolute atomic E-state index is 0.211. The zero-order chi connectivity index (χ0) is 17.6. The second-order valence-corrected chi connectivity index (χ2v) is 6.25. The number of amides is 1. The highest BCUT2D eigenvalue weighted by atomic mass is 19.1. The standard InChI is InChI=1S/C18H16FN3O3/c19-12-4-1-10(2-5-12)16-8-13(23)9-22(16)17(24)11-3-6-14-15(7-11)21-18(25)20-14/h1-7,13,16,23H,8-9H2,(H2,20,21,25). The number of nitrogens with one attached hydrogen (secondary N) is 2. The van der Waals surface area contributed by atoms with Gasteiger partial charge in [-0.1, -0.05) is 12.1 Å². The first-order valence-electron chi connectivity index (χ1n) is 7.98. The Labute approximate surface area is 141 Å². The lowest BCUT2D eigenvalue weighted by Crippen LogP contribution is -2.31. The molecule has 6 nitrogen and oxygen atoms in total. The zero-order valence-electron chi connectivity index (χ0n) is 13.2. The minimum atomic E-state index is -0.630. The third-order valence-electron chi connectivity index (χ3n) is 4.56. The van der Waals surface area contributed by atoms with E-state index in [0.717, 1.165) is 5.56 Å². The van der Waals surface area contributed by atoms with E-state index >= 15 is 0 Å². The molecule has 0 radical (unpaired) electrons. The van der Waals surface area contributed by atoms with Crippen LogP contribution in [0.15, 0.2) is 47.3 Å². The van der Waals surface area contributed by atoms with E-state index in [1.165, 1.54) is 12.1 Å². The summed E-state index contributed by atoms with van der Waals surface area (Å²) < 4.78 is 13.2. The number of aromatic amines is 2. The maximum absolute atomic E-state index is 13.2. The molecule has 1 saturated heterocycles. The lowest BCUT2D eigenvalue weighted by Gasteiger charge is -2.25. The van der Waals surface area contributed by atoms with Crippen LogP contribution in [0.25, 0.3) is 11.0 Å². The molecule has 0 aliphatic carbocycles. The van der Waals surface area contributed by atoms with Crippen LogP contribution in [-0.4, -0.2) is 38.5 Å². The van der Waals surface area contributed by atoms with Crippen molar-refractivity contribution in [1.29, 1.82) is 0 Å². The van der Waals surface area contributed by atoms with E-state index in [1.54, 1.807) is 35.2 Å². The van der Waals surface area contributed by atoms with Crippen LogP contribution in [0, 0.1) is 5.82 Å². The molecule has 1 aliphatic rings. The van der Waals surface area contributed by atoms with Gasteiger partial charge in [-0.25, -0.2) is 9.18 Å². The Hall–Kier alpha value is -2.93. The van der Waals surface area contributed by atoms with Crippen LogP contribution in [-0.2, 0) is 0 Å². The molecule has 0 bridgehead atoms. The normalized spacial score (nSPS) is 20.3. The molecule has 7 heteroatoms. The molecule has 4 rings (SSSR count). The molecular weight excluding hydrogens is 325 g/mol. The predicted octanol–water partition coefficient (Wildman–Crippen LogP) is 1.94. The van der Waals surface area contributed by atoms with Gasteiger partial charge in [0.2, 0.25) is 0 Å². The van der Waals surface area contributed by atoms with Crippen LogP contribution in [0.2, 0.25) is 0 Å². The number of halogens is 1. The summed E-state index contributed by atoms with van der Waals surface area (Å²) in [6.45, 7) is 0.211. The molecule has 0 spiro atoms. The summed E-state index contributed by atoms with van der Waals surface area (Å²) >= 11 is 0. The Bertz CT molecular complexity index is 993. The monoisotopic (exact) mass is 341 g/mol. The van der Waals surface area contributed by atoms with Crippen LogP contribution >= 0.6 is 0 Å². The number of aliphatic hydroxyl groups is 1. The van der Waals surface area contributed by atoms with E-state index in [1.807, 2.05) is 0 Å². The highest BCUT2D eigenvalue weighted by Crippen LogP contribution is 2.33. The Morgan fingerprint density at radius 2 is 1.84 bits per heavy atom. The van der Waals surface area contributed by atoms with Crippen molar-refractivity contribution in [3.05, 3.63) is 69.9 Å². The van der Waals surface area contributed by atoms with Crippen LogP contribution in [0.5, 0.6) is 0 Å². The smallest absolute Gasteiger partial charge is 0.323 e. The van der Waals surface area contributed by atoms with E-state index in [2.05, 4.69) is 9.97 Å². The fourth-order valence-electron chi connectivity index (χ4n) is 3.37. The molecular formula is C18H16FN3O3. The number of fused-ring (bicyclic) bond motifs is 1. The maximum atomic E-state index is 13.2. The molecule has 2 heterocycles. The molecule has 1 aromatic heterocycles. The van der Waals surface area contributed by atoms with Gasteiger partial charge in [0.25, 0.3) is 5.91 Å². The minimum Gasteiger partial charge on any atom is -0.391 e. The van der Waals surface area contributed by atoms with E-state index in [4.69, 9.17) is 0 Å². The largest absolute Gasteiger partial charge is 0.391 e. The molecule has 1 aliphatic heterocycles. The third kappa shape index (κ3) is 2.83. The number of aliphatic hydroxyl groups excluding tert-OH is 1. The topological polar surface area (TPSA) is 89.2 Å². The molecule has 0 saturated carbocycles. The van der Waals surface area contributed by atoms with E-state index in [9.17, 15) is 19.1 Å². The number of hydrogen-bond acceptors (Lipinski definition) is 3. The first-order valence-corrected chi connectivity index (χ1v) is 7.98. The van der Waals surface area contributed by atoms with Crippen molar-refractivity contribution in [1.82, 2.24) is 14.9 Å². The lowest BCUT2D eigenvalue weighted by molar-refractivity contribution is 0.0716. The van der Waals surface area contributed by atoms with E-state index in [0.29, 0.717) is 23.0 Å². The average molecular weight is 341 g/mol. The first-order chi connectivity index (χ1) is 12.0. The molecule has 3 aromatic rings. The van der Waals surface area contributed by atoms with Gasteiger partial charge in [-0.15, -0.1) is 0 Å². The van der Waals surface area contributed by atoms with Gasteiger partial charge in [-0.2, -0.15) is 0 Å². The Balaban J connectivity index is 1.68. The number of H-pyrrole nitrogens is 2. The number of likely N-dealkylation sites (tertiary alicyclic amines) is 1. The van der Waals surface area contributed by atoms with Gasteiger partial charge in [0.1, 0.15) is 5.82 Å². The van der Waals surface area contributed by atoms with Gasteiger partial charge >= 0.3 is 5.69 Å². The second kappa shape index (κ2) is 5.86. The van der Waals surface area contributed by atoms with Crippen molar-refractivity contribution < 1.29 is 14.3 Å². The summed E-state index contributed by atoms with van der Waals surface area (Å²) in [4.78, 5) is 31.1. The second-order valence-electron chi connectivity index (χ2n) is 6.25. The van der Waals surface area contributed by atoms with Crippen LogP contribution in [0.1, 0.15) is 28.4 Å². The van der Waals surface area contributed by atoms with Gasteiger partial charge in [0, 0.05) is 12.1 Å². The van der Waals surface area contributed by atoms with Gasteiger partial charge in [-0.05, 0) is 42.3 Å². The van der Waals surface area contributed by atoms with E-state index < -0.39 is 6.10 Å². The number of carbonyl (C=O) groups is 1. The summed E-state index contributed by atoms with van der Waals surface area (Å²) in [6, 6.07) is 10.6. The van der Waals surface area contributed by atoms with Gasteiger partial charge in [0.05, 0.1) is 23.2 Å². The maximum Gasteiger partial charge on any atom is 0.323 e. The molecule has 2 aromatic carbocycles. The Kier molecular flexibility index (Phi) is 3.65. The number of hydrogen-bond donors (Lipinski definition) is 3. The quantitative estimate of drug-likeness (QED) is 0.665. The number of carbonyl (C=O) groups excluding carboxylic acids is 1. The predicted molar refractivity (Wildman–Crippen MR) is 89.7 cm³/mol. The average Bonchev–Trinajstić information content (AvgIpc) is 3.16. The van der Waals surface area contributed by atoms with Crippen molar-refractivity contribution in [2.45, 2.75) is 18.6 Å². The summed E-state index contributed by atoms with van der Waals surface area (Å²) in [7, 11) is 0. The summed E-state index contributed by atoms with van der Waals surface area (Å²) in [6.07, 6.45) is -0.226. The molecule has 2 atom stereocenters. The number of β-amino-alcohol motifs (C(OH)–C–C–N with tert-alkyl or cyclic N) is 1. The molecule has 1 fully saturated rings. The van der Waals surface area contributed by atoms with Crippen molar-refractivity contribution >= 4 is 16.9 Å². The fraction of sp³-hybridized carbons (Fsp3) is 0.222. The number of aromatic nitrogens is 2. The Morgan fingerprint density at radius 3 is 2.60 bits per heavy atom. The van der Waals surface area contributed by atoms with Crippen LogP contribution in [0.4, 0.5) is 4.39 Å². The Morgan fingerprint density at radius 1 is 1.12 bits per heavy atom. The first kappa shape index (κ1) is 15.6. The van der Waals surface area contributed by atoms with E-state index in [-0.39, 0.29) is 30.0 Å². The number of nitrogens with zero attached hydrogens (tertiary/aromatic N) is 1. The lowest BCUT2D eigenvalue weighted by atomic mass is 10.0. The number of imidazole rings is 1. The molecule has 2 unspecified atom stereocenters. The SMILES string of the molecule is O=C(c1ccc2[nH]c(=O)[nH]c2c1)N1CC(O)CC1c1ccc(F)cc1. The molecule has 1 amide bonds. The van der Waals surface area contributed by atoms with Gasteiger partial charge in [0.15, 0.2) is 0 Å². The van der Waals surface area contributed by atoms with Crippen molar-refractivity contribution in [3.63, 3.8) is 0 Å². The third-order valence-corrected chi connectivity index (χ3v) is 4.56. The molecule has 3 N–H and O–H groups in total. The van der Waals surface area contributed by atoms with Crippen LogP contribution in [0.3, 0.4) is 0 Å². The fourth-order valence-corrected chi connectivity index (χ4v) is 3.37. The van der Waals surface area contributed by atoms with Crippen molar-refractivity contribution in [2.75, 3.05) is 6.54 Å². The van der Waals surface area contributed by atoms with Crippen LogP contribution < -0.4 is 5.69 Å².